The zero-order valence-electron chi connectivity index (χ0n) is 17.1. The van der Waals surface area contributed by atoms with E-state index in [0.29, 0.717) is 16.9 Å². The highest BCUT2D eigenvalue weighted by atomic mass is 32.1. The van der Waals surface area contributed by atoms with Crippen molar-refractivity contribution >= 4 is 40.9 Å². The maximum absolute atomic E-state index is 12.6. The molecule has 0 bridgehead atoms. The standard InChI is InChI=1S/C21H21N5O5S/c1-13(27)23-16-7-8-22-17(9-16)21-12-25(20(29)30)10-15(21)11-31-26(21)19(32)24-18(28)14-5-3-2-4-6-14/h2-9,15H,10-12H2,1H3,(H,29,30)(H,22,23,27)(H,24,28,32). The van der Waals surface area contributed by atoms with Crippen molar-refractivity contribution in [2.75, 3.05) is 25.0 Å². The van der Waals surface area contributed by atoms with E-state index in [1.807, 2.05) is 0 Å². The quantitative estimate of drug-likeness (QED) is 0.599. The number of nitrogens with zero attached hydrogens (tertiary/aromatic N) is 3. The summed E-state index contributed by atoms with van der Waals surface area (Å²) in [5.74, 6) is -0.948. The molecule has 0 aliphatic carbocycles. The van der Waals surface area contributed by atoms with Gasteiger partial charge in [-0.1, -0.05) is 18.2 Å². The van der Waals surface area contributed by atoms with Gasteiger partial charge in [0.2, 0.25) is 11.0 Å². The number of rotatable bonds is 3. The fraction of sp³-hybridized carbons (Fsp3) is 0.286. The maximum atomic E-state index is 12.6. The zero-order chi connectivity index (χ0) is 22.9. The number of hydrogen-bond acceptors (Lipinski definition) is 6. The van der Waals surface area contributed by atoms with Gasteiger partial charge >= 0.3 is 6.09 Å². The number of hydrogen-bond donors (Lipinski definition) is 3. The van der Waals surface area contributed by atoms with Crippen molar-refractivity contribution in [3.63, 3.8) is 0 Å². The molecule has 0 saturated carbocycles. The summed E-state index contributed by atoms with van der Waals surface area (Å²) in [6.07, 6.45) is 0.453. The Balaban J connectivity index is 1.69. The lowest BCUT2D eigenvalue weighted by Crippen LogP contribution is -2.54. The molecule has 3 N–H and O–H groups in total. The van der Waals surface area contributed by atoms with E-state index in [2.05, 4.69) is 15.6 Å². The van der Waals surface area contributed by atoms with E-state index in [-0.39, 0.29) is 36.6 Å². The van der Waals surface area contributed by atoms with Crippen LogP contribution in [-0.2, 0) is 15.2 Å². The van der Waals surface area contributed by atoms with Gasteiger partial charge in [-0.3, -0.25) is 24.7 Å². The molecule has 1 aromatic heterocycles. The molecule has 11 heteroatoms. The second kappa shape index (κ2) is 8.52. The number of likely N-dealkylation sites (tertiary alicyclic amines) is 1. The Hall–Kier alpha value is -3.57. The van der Waals surface area contributed by atoms with Crippen LogP contribution in [0.1, 0.15) is 23.0 Å². The van der Waals surface area contributed by atoms with E-state index in [4.69, 9.17) is 17.1 Å². The Morgan fingerprint density at radius 1 is 1.25 bits per heavy atom. The predicted octanol–water partition coefficient (Wildman–Crippen LogP) is 1.81. The number of aromatic nitrogens is 1. The predicted molar refractivity (Wildman–Crippen MR) is 118 cm³/mol. The Morgan fingerprint density at radius 2 is 2.00 bits per heavy atom. The Kier molecular flexibility index (Phi) is 5.76. The van der Waals surface area contributed by atoms with Crippen LogP contribution in [0.15, 0.2) is 48.7 Å². The molecule has 166 valence electrons. The van der Waals surface area contributed by atoms with E-state index in [9.17, 15) is 19.5 Å². The Bertz CT molecular complexity index is 1080. The van der Waals surface area contributed by atoms with Crippen LogP contribution >= 0.6 is 12.2 Å². The second-order valence-electron chi connectivity index (χ2n) is 7.61. The third-order valence-electron chi connectivity index (χ3n) is 5.55. The summed E-state index contributed by atoms with van der Waals surface area (Å²) in [5.41, 5.74) is 0.347. The number of amides is 3. The van der Waals surface area contributed by atoms with E-state index in [1.54, 1.807) is 42.5 Å². The molecular formula is C21H21N5O5S. The van der Waals surface area contributed by atoms with Crippen LogP contribution in [0.3, 0.4) is 0 Å². The number of fused-ring (bicyclic) bond motifs is 1. The summed E-state index contributed by atoms with van der Waals surface area (Å²) in [4.78, 5) is 47.5. The Morgan fingerprint density at radius 3 is 2.69 bits per heavy atom. The Labute approximate surface area is 189 Å². The van der Waals surface area contributed by atoms with Gasteiger partial charge in [-0.05, 0) is 36.5 Å². The van der Waals surface area contributed by atoms with Gasteiger partial charge in [0.05, 0.1) is 18.8 Å². The first kappa shape index (κ1) is 21.7. The van der Waals surface area contributed by atoms with Crippen molar-refractivity contribution in [1.29, 1.82) is 0 Å². The van der Waals surface area contributed by atoms with Crippen molar-refractivity contribution in [2.45, 2.75) is 12.5 Å². The van der Waals surface area contributed by atoms with Crippen LogP contribution in [0.5, 0.6) is 0 Å². The first-order valence-corrected chi connectivity index (χ1v) is 10.3. The molecule has 2 aliphatic rings. The molecule has 0 spiro atoms. The third-order valence-corrected chi connectivity index (χ3v) is 5.82. The third kappa shape index (κ3) is 3.87. The molecule has 0 radical (unpaired) electrons. The van der Waals surface area contributed by atoms with Crippen LogP contribution in [0, 0.1) is 5.92 Å². The molecule has 1 aromatic carbocycles. The lowest BCUT2D eigenvalue weighted by molar-refractivity contribution is -0.114. The lowest BCUT2D eigenvalue weighted by Gasteiger charge is -2.36. The van der Waals surface area contributed by atoms with Gasteiger partial charge in [-0.2, -0.15) is 0 Å². The molecule has 10 nitrogen and oxygen atoms in total. The molecule has 2 fully saturated rings. The number of benzene rings is 1. The molecule has 2 atom stereocenters. The summed E-state index contributed by atoms with van der Waals surface area (Å²) in [6.45, 7) is 1.83. The van der Waals surface area contributed by atoms with Crippen LogP contribution in [-0.4, -0.2) is 62.8 Å². The number of carboxylic acid groups (broad SMARTS) is 1. The minimum atomic E-state index is -1.07. The molecular weight excluding hydrogens is 434 g/mol. The summed E-state index contributed by atoms with van der Waals surface area (Å²) in [5, 5.41) is 16.4. The number of carbonyl (C=O) groups is 3. The first-order valence-electron chi connectivity index (χ1n) is 9.87. The topological polar surface area (TPSA) is 124 Å². The summed E-state index contributed by atoms with van der Waals surface area (Å²) in [7, 11) is 0. The number of nitrogens with one attached hydrogen (secondary N) is 2. The van der Waals surface area contributed by atoms with Crippen molar-refractivity contribution in [1.82, 2.24) is 20.3 Å². The smallest absolute Gasteiger partial charge is 0.407 e. The van der Waals surface area contributed by atoms with E-state index in [0.717, 1.165) is 0 Å². The highest BCUT2D eigenvalue weighted by molar-refractivity contribution is 7.80. The number of anilines is 1. The SMILES string of the molecule is CC(=O)Nc1ccnc(C23CN(C(=O)O)CC2CON3C(=S)NC(=O)c2ccccc2)c1. The highest BCUT2D eigenvalue weighted by Crippen LogP contribution is 2.46. The number of carbonyl (C=O) groups excluding carboxylic acids is 2. The summed E-state index contributed by atoms with van der Waals surface area (Å²) in [6, 6.07) is 11.9. The van der Waals surface area contributed by atoms with Crippen LogP contribution < -0.4 is 10.6 Å². The van der Waals surface area contributed by atoms with Crippen LogP contribution in [0.25, 0.3) is 0 Å². The molecule has 2 saturated heterocycles. The largest absolute Gasteiger partial charge is 0.465 e. The lowest BCUT2D eigenvalue weighted by atomic mass is 9.84. The van der Waals surface area contributed by atoms with Crippen LogP contribution in [0.4, 0.5) is 10.5 Å². The zero-order valence-corrected chi connectivity index (χ0v) is 18.0. The van der Waals surface area contributed by atoms with E-state index in [1.165, 1.54) is 23.1 Å². The van der Waals surface area contributed by atoms with Gasteiger partial charge in [0.1, 0.15) is 5.54 Å². The molecule has 2 unspecified atom stereocenters. The average Bonchev–Trinajstić information content (AvgIpc) is 3.31. The summed E-state index contributed by atoms with van der Waals surface area (Å²) < 4.78 is 0. The van der Waals surface area contributed by atoms with E-state index >= 15 is 0 Å². The van der Waals surface area contributed by atoms with Crippen LogP contribution in [0.2, 0.25) is 0 Å². The monoisotopic (exact) mass is 455 g/mol. The first-order chi connectivity index (χ1) is 15.3. The van der Waals surface area contributed by atoms with Gasteiger partial charge < -0.3 is 15.3 Å². The second-order valence-corrected chi connectivity index (χ2v) is 8.00. The average molecular weight is 455 g/mol. The van der Waals surface area contributed by atoms with E-state index < -0.39 is 17.5 Å². The van der Waals surface area contributed by atoms with Gasteiger partial charge in [-0.25, -0.2) is 9.86 Å². The minimum Gasteiger partial charge on any atom is -0.465 e. The van der Waals surface area contributed by atoms with Crippen molar-refractivity contribution < 1.29 is 24.3 Å². The number of thiocarbonyl (C=S) groups is 1. The van der Waals surface area contributed by atoms with Gasteiger partial charge in [-0.15, -0.1) is 0 Å². The van der Waals surface area contributed by atoms with Crippen molar-refractivity contribution in [2.24, 2.45) is 5.92 Å². The van der Waals surface area contributed by atoms with Crippen molar-refractivity contribution in [3.05, 3.63) is 59.9 Å². The molecule has 2 aromatic rings. The highest BCUT2D eigenvalue weighted by Gasteiger charge is 2.60. The fourth-order valence-corrected chi connectivity index (χ4v) is 4.45. The van der Waals surface area contributed by atoms with Gasteiger partial charge in [0, 0.05) is 36.8 Å². The van der Waals surface area contributed by atoms with Gasteiger partial charge in [0.15, 0.2) is 0 Å². The van der Waals surface area contributed by atoms with Crippen molar-refractivity contribution in [3.8, 4) is 0 Å². The summed E-state index contributed by atoms with van der Waals surface area (Å²) >= 11 is 5.50. The molecule has 3 amide bonds. The number of pyridine rings is 1. The normalized spacial score (nSPS) is 21.7. The molecule has 3 heterocycles. The number of hydroxylamine groups is 2. The minimum absolute atomic E-state index is 0.000298. The fourth-order valence-electron chi connectivity index (χ4n) is 4.14. The maximum Gasteiger partial charge on any atom is 0.407 e. The van der Waals surface area contributed by atoms with Gasteiger partial charge in [0.25, 0.3) is 5.91 Å². The molecule has 4 rings (SSSR count). The molecule has 32 heavy (non-hydrogen) atoms. The molecule has 2 aliphatic heterocycles.